The zero-order valence-corrected chi connectivity index (χ0v) is 13.6. The monoisotopic (exact) mass is 346 g/mol. The number of amides is 1. The van der Waals surface area contributed by atoms with Gasteiger partial charge in [0.1, 0.15) is 6.54 Å². The number of nitrogens with zero attached hydrogens (tertiary/aromatic N) is 3. The second-order valence-electron chi connectivity index (χ2n) is 5.37. The SMILES string of the molecule is O=C(Cn1ccc([N+](=O)[O-])n1)Nc1cccc(C#Cc2ccccc2)c1. The molecule has 0 unspecified atom stereocenters. The number of aromatic nitrogens is 2. The molecule has 1 amide bonds. The van der Waals surface area contributed by atoms with Crippen molar-refractivity contribution in [1.82, 2.24) is 9.78 Å². The summed E-state index contributed by atoms with van der Waals surface area (Å²) in [6, 6.07) is 18.0. The normalized spacial score (nSPS) is 9.85. The van der Waals surface area contributed by atoms with Crippen LogP contribution in [0.4, 0.5) is 11.5 Å². The molecular formula is C19H14N4O3. The molecule has 0 aliphatic heterocycles. The minimum absolute atomic E-state index is 0.117. The Morgan fingerprint density at radius 1 is 1.08 bits per heavy atom. The minimum atomic E-state index is -0.608. The van der Waals surface area contributed by atoms with Crippen LogP contribution >= 0.6 is 0 Å². The van der Waals surface area contributed by atoms with E-state index in [-0.39, 0.29) is 18.3 Å². The molecule has 1 heterocycles. The number of rotatable bonds is 4. The highest BCUT2D eigenvalue weighted by molar-refractivity contribution is 5.90. The third-order valence-electron chi connectivity index (χ3n) is 3.39. The van der Waals surface area contributed by atoms with Crippen molar-refractivity contribution in [1.29, 1.82) is 0 Å². The van der Waals surface area contributed by atoms with E-state index in [0.29, 0.717) is 5.69 Å². The summed E-state index contributed by atoms with van der Waals surface area (Å²) in [4.78, 5) is 22.1. The van der Waals surface area contributed by atoms with Crippen molar-refractivity contribution < 1.29 is 9.72 Å². The second kappa shape index (κ2) is 7.77. The fourth-order valence-electron chi connectivity index (χ4n) is 2.22. The Kier molecular flexibility index (Phi) is 5.05. The van der Waals surface area contributed by atoms with Gasteiger partial charge in [-0.25, -0.2) is 0 Å². The molecule has 0 radical (unpaired) electrons. The van der Waals surface area contributed by atoms with Crippen molar-refractivity contribution in [2.75, 3.05) is 5.32 Å². The average molecular weight is 346 g/mol. The standard InChI is InChI=1S/C19H14N4O3/c24-19(14-22-12-11-18(21-22)23(25)26)20-17-8-4-7-16(13-17)10-9-15-5-2-1-3-6-15/h1-8,11-13H,14H2,(H,20,24). The summed E-state index contributed by atoms with van der Waals surface area (Å²) in [5.74, 6) is 5.47. The fourth-order valence-corrected chi connectivity index (χ4v) is 2.22. The number of hydrogen-bond acceptors (Lipinski definition) is 4. The molecule has 3 rings (SSSR count). The van der Waals surface area contributed by atoms with Crippen LogP contribution in [0, 0.1) is 22.0 Å². The van der Waals surface area contributed by atoms with Gasteiger partial charge < -0.3 is 15.4 Å². The van der Waals surface area contributed by atoms with Crippen molar-refractivity contribution >= 4 is 17.4 Å². The molecule has 1 aromatic heterocycles. The summed E-state index contributed by atoms with van der Waals surface area (Å²) in [7, 11) is 0. The lowest BCUT2D eigenvalue weighted by atomic mass is 10.1. The number of nitro groups is 1. The summed E-state index contributed by atoms with van der Waals surface area (Å²) < 4.78 is 1.21. The van der Waals surface area contributed by atoms with Crippen molar-refractivity contribution in [3.63, 3.8) is 0 Å². The molecule has 26 heavy (non-hydrogen) atoms. The largest absolute Gasteiger partial charge is 0.389 e. The van der Waals surface area contributed by atoms with Crippen LogP contribution in [0.15, 0.2) is 66.9 Å². The van der Waals surface area contributed by atoms with Crippen LogP contribution in [0.1, 0.15) is 11.1 Å². The van der Waals surface area contributed by atoms with Gasteiger partial charge >= 0.3 is 5.82 Å². The van der Waals surface area contributed by atoms with Gasteiger partial charge in [-0.1, -0.05) is 36.1 Å². The van der Waals surface area contributed by atoms with Crippen LogP contribution in [-0.4, -0.2) is 20.6 Å². The lowest BCUT2D eigenvalue weighted by molar-refractivity contribution is -0.389. The third kappa shape index (κ3) is 4.55. The molecule has 0 fully saturated rings. The molecule has 1 N–H and O–H groups in total. The van der Waals surface area contributed by atoms with E-state index in [1.807, 2.05) is 36.4 Å². The van der Waals surface area contributed by atoms with E-state index >= 15 is 0 Å². The number of hydrogen-bond donors (Lipinski definition) is 1. The predicted octanol–water partition coefficient (Wildman–Crippen LogP) is 2.83. The van der Waals surface area contributed by atoms with Crippen molar-refractivity contribution in [3.05, 3.63) is 88.1 Å². The molecule has 0 bridgehead atoms. The van der Waals surface area contributed by atoms with Gasteiger partial charge in [-0.3, -0.25) is 4.79 Å². The molecule has 0 spiro atoms. The van der Waals surface area contributed by atoms with Crippen LogP contribution in [-0.2, 0) is 11.3 Å². The second-order valence-corrected chi connectivity index (χ2v) is 5.37. The summed E-state index contributed by atoms with van der Waals surface area (Å²) in [6.45, 7) is -0.117. The molecule has 0 atom stereocenters. The molecule has 0 aliphatic rings. The first-order chi connectivity index (χ1) is 12.6. The van der Waals surface area contributed by atoms with E-state index in [4.69, 9.17) is 0 Å². The Hall–Kier alpha value is -3.92. The van der Waals surface area contributed by atoms with Gasteiger partial charge in [0, 0.05) is 16.8 Å². The van der Waals surface area contributed by atoms with Crippen molar-refractivity contribution in [2.24, 2.45) is 0 Å². The number of carbonyl (C=O) groups excluding carboxylic acids is 1. The Morgan fingerprint density at radius 2 is 1.81 bits per heavy atom. The van der Waals surface area contributed by atoms with Gasteiger partial charge in [0.05, 0.1) is 17.4 Å². The van der Waals surface area contributed by atoms with Gasteiger partial charge in [-0.15, -0.1) is 0 Å². The number of carbonyl (C=O) groups is 1. The summed E-state index contributed by atoms with van der Waals surface area (Å²) >= 11 is 0. The molecule has 0 aliphatic carbocycles. The maximum atomic E-state index is 12.1. The molecule has 7 nitrogen and oxygen atoms in total. The van der Waals surface area contributed by atoms with E-state index in [2.05, 4.69) is 22.3 Å². The highest BCUT2D eigenvalue weighted by atomic mass is 16.6. The van der Waals surface area contributed by atoms with Gasteiger partial charge in [-0.2, -0.15) is 4.68 Å². The Morgan fingerprint density at radius 3 is 2.54 bits per heavy atom. The number of benzene rings is 2. The number of nitrogens with one attached hydrogen (secondary N) is 1. The Labute approximate surface area is 149 Å². The summed E-state index contributed by atoms with van der Waals surface area (Å²) in [5.41, 5.74) is 2.26. The average Bonchev–Trinajstić information content (AvgIpc) is 3.10. The van der Waals surface area contributed by atoms with E-state index in [9.17, 15) is 14.9 Å². The lowest BCUT2D eigenvalue weighted by Crippen LogP contribution is -2.19. The Bertz CT molecular complexity index is 1000. The van der Waals surface area contributed by atoms with Gasteiger partial charge in [-0.05, 0) is 35.3 Å². The van der Waals surface area contributed by atoms with Crippen molar-refractivity contribution in [2.45, 2.75) is 6.54 Å². The van der Waals surface area contributed by atoms with Gasteiger partial charge in [0.25, 0.3) is 0 Å². The lowest BCUT2D eigenvalue weighted by Gasteiger charge is -2.04. The minimum Gasteiger partial charge on any atom is -0.358 e. The van der Waals surface area contributed by atoms with Gasteiger partial charge in [0.2, 0.25) is 5.91 Å². The summed E-state index contributed by atoms with van der Waals surface area (Å²) in [5, 5.41) is 17.0. The van der Waals surface area contributed by atoms with E-state index in [1.165, 1.54) is 16.9 Å². The quantitative estimate of drug-likeness (QED) is 0.447. The maximum absolute atomic E-state index is 12.1. The van der Waals surface area contributed by atoms with Crippen LogP contribution in [0.2, 0.25) is 0 Å². The zero-order chi connectivity index (χ0) is 18.4. The molecule has 128 valence electrons. The molecule has 0 saturated carbocycles. The Balaban J connectivity index is 1.65. The highest BCUT2D eigenvalue weighted by Crippen LogP contribution is 2.11. The zero-order valence-electron chi connectivity index (χ0n) is 13.6. The summed E-state index contributed by atoms with van der Waals surface area (Å²) in [6.07, 6.45) is 1.39. The first-order valence-electron chi connectivity index (χ1n) is 7.75. The first kappa shape index (κ1) is 16.9. The van der Waals surface area contributed by atoms with E-state index in [1.54, 1.807) is 18.2 Å². The molecular weight excluding hydrogens is 332 g/mol. The smallest absolute Gasteiger partial charge is 0.358 e. The third-order valence-corrected chi connectivity index (χ3v) is 3.39. The van der Waals surface area contributed by atoms with Gasteiger partial charge in [0.15, 0.2) is 0 Å². The highest BCUT2D eigenvalue weighted by Gasteiger charge is 2.13. The topological polar surface area (TPSA) is 90.1 Å². The number of anilines is 1. The fraction of sp³-hybridized carbons (Fsp3) is 0.0526. The van der Waals surface area contributed by atoms with Crippen LogP contribution in [0.25, 0.3) is 0 Å². The van der Waals surface area contributed by atoms with E-state index in [0.717, 1.165) is 11.1 Å². The maximum Gasteiger partial charge on any atom is 0.389 e. The van der Waals surface area contributed by atoms with E-state index < -0.39 is 4.92 Å². The van der Waals surface area contributed by atoms with Crippen LogP contribution in [0.5, 0.6) is 0 Å². The predicted molar refractivity (Wildman–Crippen MR) is 96.4 cm³/mol. The molecule has 2 aromatic carbocycles. The van der Waals surface area contributed by atoms with Crippen LogP contribution < -0.4 is 5.32 Å². The molecule has 0 saturated heterocycles. The first-order valence-corrected chi connectivity index (χ1v) is 7.75. The van der Waals surface area contributed by atoms with Crippen molar-refractivity contribution in [3.8, 4) is 11.8 Å². The molecule has 7 heteroatoms. The molecule has 3 aromatic rings. The van der Waals surface area contributed by atoms with Crippen LogP contribution in [0.3, 0.4) is 0 Å².